The number of amides is 7. The minimum absolute atomic E-state index is 0.00432. The van der Waals surface area contributed by atoms with Crippen molar-refractivity contribution in [3.05, 3.63) is 108 Å². The van der Waals surface area contributed by atoms with Crippen LogP contribution in [0.1, 0.15) is 84.9 Å². The van der Waals surface area contributed by atoms with Gasteiger partial charge < -0.3 is 56.1 Å². The van der Waals surface area contributed by atoms with Gasteiger partial charge in [0.15, 0.2) is 0 Å². The quantitative estimate of drug-likeness (QED) is 0.0760. The Morgan fingerprint density at radius 1 is 0.629 bits per heavy atom. The lowest BCUT2D eigenvalue weighted by molar-refractivity contribution is -0.144. The van der Waals surface area contributed by atoms with Gasteiger partial charge >= 0.3 is 18.2 Å². The van der Waals surface area contributed by atoms with Crippen LogP contribution in [0.2, 0.25) is 0 Å². The number of nitrogens with zero attached hydrogens (tertiary/aromatic N) is 1. The maximum absolute atomic E-state index is 14.5. The van der Waals surface area contributed by atoms with Crippen LogP contribution in [-0.4, -0.2) is 125 Å². The molecule has 380 valence electrons. The smallest absolute Gasteiger partial charge is 0.408 e. The molecule has 1 aliphatic rings. The second-order valence-corrected chi connectivity index (χ2v) is 19.4. The molecule has 0 aliphatic carbocycles. The van der Waals surface area contributed by atoms with Gasteiger partial charge in [0.1, 0.15) is 48.5 Å². The Labute approximate surface area is 409 Å². The lowest BCUT2D eigenvalue weighted by Gasteiger charge is -2.32. The Morgan fingerprint density at radius 3 is 1.67 bits per heavy atom. The Hall–Kier alpha value is -7.02. The van der Waals surface area contributed by atoms with E-state index in [0.29, 0.717) is 23.1 Å². The molecule has 0 radical (unpaired) electrons. The molecule has 19 heteroatoms. The summed E-state index contributed by atoms with van der Waals surface area (Å²) in [7, 11) is 0. The molecule has 3 aromatic rings. The number of hydrogen-bond acceptors (Lipinski definition) is 11. The van der Waals surface area contributed by atoms with Gasteiger partial charge in [-0.3, -0.25) is 24.0 Å². The van der Waals surface area contributed by atoms with E-state index in [1.54, 1.807) is 140 Å². The Morgan fingerprint density at radius 2 is 1.14 bits per heavy atom. The van der Waals surface area contributed by atoms with E-state index in [9.17, 15) is 43.5 Å². The van der Waals surface area contributed by atoms with Crippen LogP contribution in [-0.2, 0) is 62.4 Å². The number of likely N-dealkylation sites (tertiary alicyclic amines) is 1. The number of carbonyl (C=O) groups excluding carboxylic acids is 7. The molecule has 1 heterocycles. The average Bonchev–Trinajstić information content (AvgIpc) is 3.80. The lowest BCUT2D eigenvalue weighted by atomic mass is 10.0. The molecule has 0 bridgehead atoms. The van der Waals surface area contributed by atoms with Gasteiger partial charge in [-0.2, -0.15) is 0 Å². The Bertz CT molecular complexity index is 2230. The van der Waals surface area contributed by atoms with Crippen molar-refractivity contribution in [3.63, 3.8) is 0 Å². The molecule has 19 nitrogen and oxygen atoms in total. The first-order valence-corrected chi connectivity index (χ1v) is 23.4. The highest BCUT2D eigenvalue weighted by Crippen LogP contribution is 2.22. The fourth-order valence-corrected chi connectivity index (χ4v) is 7.30. The van der Waals surface area contributed by atoms with Gasteiger partial charge in [0.05, 0.1) is 18.8 Å². The molecule has 70 heavy (non-hydrogen) atoms. The van der Waals surface area contributed by atoms with Crippen LogP contribution in [0.15, 0.2) is 91.0 Å². The summed E-state index contributed by atoms with van der Waals surface area (Å²) >= 11 is 0. The molecule has 1 aliphatic heterocycles. The van der Waals surface area contributed by atoms with Crippen LogP contribution in [0, 0.1) is 5.92 Å². The van der Waals surface area contributed by atoms with Gasteiger partial charge in [-0.15, -0.1) is 0 Å². The van der Waals surface area contributed by atoms with Crippen LogP contribution in [0.5, 0.6) is 0 Å². The van der Waals surface area contributed by atoms with E-state index in [4.69, 9.17) is 14.2 Å². The molecule has 0 saturated carbocycles. The van der Waals surface area contributed by atoms with Crippen molar-refractivity contribution >= 4 is 47.7 Å². The number of hydrogen-bond donors (Lipinski definition) is 7. The molecule has 1 saturated heterocycles. The highest BCUT2D eigenvalue weighted by Gasteiger charge is 2.41. The second kappa shape index (κ2) is 26.1. The lowest BCUT2D eigenvalue weighted by Crippen LogP contribution is -2.62. The fraction of sp³-hybridized carbons (Fsp3) is 0.490. The SMILES string of the molecule is CC(C)[C@H](NC(=O)[C@H](CNC(=O)OC(C)(C)C)NC(=O)[C@H](COC(C)(C)C)NC(=O)OCc1ccccc1)C(=O)N1CCC[C@H]1C(=O)N[C@@H](Cc1ccccc1)C(=O)N[C@@H](Cc1ccccc1)C(=O)O. The van der Waals surface area contributed by atoms with Crippen molar-refractivity contribution in [1.82, 2.24) is 36.8 Å². The predicted octanol–water partition coefficient (Wildman–Crippen LogP) is 3.78. The van der Waals surface area contributed by atoms with Crippen LogP contribution in [0.3, 0.4) is 0 Å². The van der Waals surface area contributed by atoms with Gasteiger partial charge in [-0.1, -0.05) is 105 Å². The zero-order valence-electron chi connectivity index (χ0n) is 41.2. The van der Waals surface area contributed by atoms with Gasteiger partial charge in [-0.25, -0.2) is 14.4 Å². The minimum Gasteiger partial charge on any atom is -0.480 e. The topological polar surface area (TPSA) is 260 Å². The standard InChI is InChI=1S/C51H69N7O12/c1-32(2)41(46(63)58-26-18-25-40(58)45(62)53-36(27-33-19-12-9-13-20-33)42(59)54-37(47(64)65)28-34-21-14-10-15-22-34)57-43(60)38(29-52-48(66)70-51(6,7)8)55-44(61)39(31-69-50(3,4)5)56-49(67)68-30-35-23-16-11-17-24-35/h9-17,19-24,32,36-41H,18,25-31H2,1-8H3,(H,52,66)(H,53,62)(H,54,59)(H,55,61)(H,56,67)(H,57,60)(H,64,65)/t36-,37-,38-,39-,40-,41-/m0/s1. The van der Waals surface area contributed by atoms with Crippen molar-refractivity contribution in [2.75, 3.05) is 19.7 Å². The number of nitrogens with one attached hydrogen (secondary N) is 6. The van der Waals surface area contributed by atoms with Crippen molar-refractivity contribution in [2.45, 2.75) is 135 Å². The molecule has 7 N–H and O–H groups in total. The molecular formula is C51H69N7O12. The van der Waals surface area contributed by atoms with Crippen LogP contribution in [0.4, 0.5) is 9.59 Å². The molecular weight excluding hydrogens is 903 g/mol. The first-order valence-electron chi connectivity index (χ1n) is 23.4. The molecule has 1 fully saturated rings. The third-order valence-corrected chi connectivity index (χ3v) is 10.9. The number of rotatable bonds is 22. The average molecular weight is 972 g/mol. The maximum atomic E-state index is 14.5. The van der Waals surface area contributed by atoms with E-state index in [1.807, 2.05) is 6.07 Å². The van der Waals surface area contributed by atoms with Crippen molar-refractivity contribution in [1.29, 1.82) is 0 Å². The van der Waals surface area contributed by atoms with E-state index in [-0.39, 0.29) is 39.0 Å². The monoisotopic (exact) mass is 972 g/mol. The zero-order valence-corrected chi connectivity index (χ0v) is 41.2. The number of alkyl carbamates (subject to hydrolysis) is 2. The number of ether oxygens (including phenoxy) is 3. The summed E-state index contributed by atoms with van der Waals surface area (Å²) < 4.78 is 16.6. The van der Waals surface area contributed by atoms with E-state index in [0.717, 1.165) is 0 Å². The summed E-state index contributed by atoms with van der Waals surface area (Å²) in [6.45, 7) is 12.7. The summed E-state index contributed by atoms with van der Waals surface area (Å²) in [4.78, 5) is 110. The van der Waals surface area contributed by atoms with E-state index in [2.05, 4.69) is 31.9 Å². The van der Waals surface area contributed by atoms with Gasteiger partial charge in [0, 0.05) is 19.4 Å². The normalized spacial score (nSPS) is 15.8. The van der Waals surface area contributed by atoms with Crippen LogP contribution < -0.4 is 31.9 Å². The predicted molar refractivity (Wildman–Crippen MR) is 259 cm³/mol. The van der Waals surface area contributed by atoms with Crippen molar-refractivity contribution < 1.29 is 57.7 Å². The molecule has 0 unspecified atom stereocenters. The van der Waals surface area contributed by atoms with Crippen molar-refractivity contribution in [2.24, 2.45) is 5.92 Å². The van der Waals surface area contributed by atoms with E-state index >= 15 is 0 Å². The number of benzene rings is 3. The first-order chi connectivity index (χ1) is 33.0. The van der Waals surface area contributed by atoms with Crippen LogP contribution >= 0.6 is 0 Å². The minimum atomic E-state index is -1.54. The highest BCUT2D eigenvalue weighted by molar-refractivity contribution is 5.97. The summed E-state index contributed by atoms with van der Waals surface area (Å²) in [6, 6.07) is 18.7. The largest absolute Gasteiger partial charge is 0.480 e. The van der Waals surface area contributed by atoms with Gasteiger partial charge in [0.25, 0.3) is 0 Å². The van der Waals surface area contributed by atoms with Crippen LogP contribution in [0.25, 0.3) is 0 Å². The van der Waals surface area contributed by atoms with Gasteiger partial charge in [-0.05, 0) is 77.0 Å². The highest BCUT2D eigenvalue weighted by atomic mass is 16.6. The van der Waals surface area contributed by atoms with Crippen molar-refractivity contribution in [3.8, 4) is 0 Å². The molecule has 0 aromatic heterocycles. The molecule has 4 rings (SSSR count). The van der Waals surface area contributed by atoms with E-state index in [1.165, 1.54) is 4.90 Å². The molecule has 7 amide bonds. The van der Waals surface area contributed by atoms with Gasteiger partial charge in [0.2, 0.25) is 29.5 Å². The maximum Gasteiger partial charge on any atom is 0.408 e. The Kier molecular flexibility index (Phi) is 20.7. The molecule has 3 aromatic carbocycles. The third kappa shape index (κ3) is 18.8. The van der Waals surface area contributed by atoms with E-state index < -0.39 is 108 Å². The second-order valence-electron chi connectivity index (χ2n) is 19.4. The molecule has 6 atom stereocenters. The Balaban J connectivity index is 1.54. The zero-order chi connectivity index (χ0) is 51.6. The fourth-order valence-electron chi connectivity index (χ4n) is 7.30. The number of carboxylic acid groups (broad SMARTS) is 1. The third-order valence-electron chi connectivity index (χ3n) is 10.9. The molecule has 0 spiro atoms. The number of carboxylic acids is 1. The summed E-state index contributed by atoms with van der Waals surface area (Å²) in [5.74, 6) is -5.60. The number of carbonyl (C=O) groups is 8. The summed E-state index contributed by atoms with van der Waals surface area (Å²) in [6.07, 6.45) is -1.20. The number of aliphatic carboxylic acids is 1. The summed E-state index contributed by atoms with van der Waals surface area (Å²) in [5.41, 5.74) is 0.411. The first kappa shape index (κ1) is 55.6. The summed E-state index contributed by atoms with van der Waals surface area (Å²) in [5, 5.41) is 25.7.